The van der Waals surface area contributed by atoms with E-state index in [1.807, 2.05) is 6.07 Å². The van der Waals surface area contributed by atoms with E-state index < -0.39 is 0 Å². The molecule has 1 aliphatic heterocycles. The smallest absolute Gasteiger partial charge is 0.101 e. The molecule has 0 N–H and O–H groups in total. The summed E-state index contributed by atoms with van der Waals surface area (Å²) in [7, 11) is 0. The molecular formula is C21H31ClN2. The van der Waals surface area contributed by atoms with Gasteiger partial charge in [0.1, 0.15) is 6.07 Å². The van der Waals surface area contributed by atoms with Crippen LogP contribution in [-0.2, 0) is 5.41 Å². The summed E-state index contributed by atoms with van der Waals surface area (Å²) >= 11 is 6.46. The number of anilines is 1. The molecule has 0 bridgehead atoms. The summed E-state index contributed by atoms with van der Waals surface area (Å²) in [6.45, 7) is 21.3. The molecule has 0 saturated carbocycles. The Balaban J connectivity index is 2.99. The van der Waals surface area contributed by atoms with Gasteiger partial charge in [-0.3, -0.25) is 0 Å². The van der Waals surface area contributed by atoms with E-state index in [9.17, 15) is 5.26 Å². The molecule has 0 atom stereocenters. The van der Waals surface area contributed by atoms with E-state index in [0.717, 1.165) is 17.8 Å². The Morgan fingerprint density at radius 2 is 1.50 bits per heavy atom. The van der Waals surface area contributed by atoms with E-state index in [0.29, 0.717) is 10.6 Å². The van der Waals surface area contributed by atoms with Crippen LogP contribution in [0.5, 0.6) is 0 Å². The summed E-state index contributed by atoms with van der Waals surface area (Å²) in [5, 5.41) is 10.4. The van der Waals surface area contributed by atoms with Gasteiger partial charge < -0.3 is 4.90 Å². The van der Waals surface area contributed by atoms with Gasteiger partial charge in [-0.2, -0.15) is 5.26 Å². The molecule has 3 heteroatoms. The van der Waals surface area contributed by atoms with Crippen molar-refractivity contribution in [3.8, 4) is 6.07 Å². The highest BCUT2D eigenvalue weighted by Crippen LogP contribution is 2.61. The van der Waals surface area contributed by atoms with Gasteiger partial charge in [-0.05, 0) is 43.7 Å². The first kappa shape index (κ1) is 19.1. The van der Waals surface area contributed by atoms with Gasteiger partial charge in [0, 0.05) is 28.7 Å². The van der Waals surface area contributed by atoms with Crippen LogP contribution in [-0.4, -0.2) is 12.1 Å². The number of fused-ring (bicyclic) bond motifs is 1. The number of halogens is 1. The van der Waals surface area contributed by atoms with Gasteiger partial charge in [0.05, 0.1) is 10.6 Å². The summed E-state index contributed by atoms with van der Waals surface area (Å²) in [5.74, 6) is 0. The number of rotatable bonds is 0. The summed E-state index contributed by atoms with van der Waals surface area (Å²) in [5.41, 5.74) is 2.71. The van der Waals surface area contributed by atoms with Crippen molar-refractivity contribution in [2.75, 3.05) is 11.4 Å². The van der Waals surface area contributed by atoms with Crippen LogP contribution in [0.15, 0.2) is 12.1 Å². The highest BCUT2D eigenvalue weighted by atomic mass is 35.5. The van der Waals surface area contributed by atoms with Crippen LogP contribution in [0.25, 0.3) is 0 Å². The van der Waals surface area contributed by atoms with Crippen LogP contribution < -0.4 is 4.90 Å². The number of hydrogen-bond acceptors (Lipinski definition) is 2. The van der Waals surface area contributed by atoms with Gasteiger partial charge >= 0.3 is 0 Å². The first-order valence-corrected chi connectivity index (χ1v) is 9.07. The minimum Gasteiger partial charge on any atom is -0.365 e. The largest absolute Gasteiger partial charge is 0.365 e. The van der Waals surface area contributed by atoms with E-state index in [-0.39, 0.29) is 21.8 Å². The second kappa shape index (κ2) is 5.40. The van der Waals surface area contributed by atoms with Gasteiger partial charge in [0.15, 0.2) is 0 Å². The minimum absolute atomic E-state index is 0.0176. The molecule has 2 rings (SSSR count). The van der Waals surface area contributed by atoms with E-state index >= 15 is 0 Å². The van der Waals surface area contributed by atoms with Crippen LogP contribution in [0.2, 0.25) is 5.02 Å². The highest BCUT2D eigenvalue weighted by Gasteiger charge is 2.59. The van der Waals surface area contributed by atoms with Gasteiger partial charge in [0.25, 0.3) is 0 Å². The standard InChI is InChI=1S/C21H31ClN2/c1-18(2,3)21(19(4,5)6)13-24(20(7,8)9)16-11-10-15(22)14(12-23)17(16)21/h10-11H,13H2,1-9H3. The molecule has 132 valence electrons. The molecule has 24 heavy (non-hydrogen) atoms. The van der Waals surface area contributed by atoms with Crippen molar-refractivity contribution in [1.82, 2.24) is 0 Å². The molecule has 0 radical (unpaired) electrons. The van der Waals surface area contributed by atoms with Crippen molar-refractivity contribution in [2.24, 2.45) is 10.8 Å². The van der Waals surface area contributed by atoms with E-state index in [2.05, 4.69) is 79.3 Å². The Morgan fingerprint density at radius 3 is 1.88 bits per heavy atom. The normalized spacial score (nSPS) is 17.6. The number of nitrogens with zero attached hydrogens (tertiary/aromatic N) is 2. The zero-order chi connectivity index (χ0) is 18.7. The molecule has 1 heterocycles. The van der Waals surface area contributed by atoms with Crippen molar-refractivity contribution >= 4 is 17.3 Å². The summed E-state index contributed by atoms with van der Waals surface area (Å²) in [6, 6.07) is 6.38. The van der Waals surface area contributed by atoms with Crippen LogP contribution in [0.3, 0.4) is 0 Å². The first-order chi connectivity index (χ1) is 10.7. The topological polar surface area (TPSA) is 27.0 Å². The molecular weight excluding hydrogens is 316 g/mol. The quantitative estimate of drug-likeness (QED) is 0.562. The van der Waals surface area contributed by atoms with Crippen molar-refractivity contribution in [3.63, 3.8) is 0 Å². The minimum atomic E-state index is -0.168. The van der Waals surface area contributed by atoms with Gasteiger partial charge in [0.2, 0.25) is 0 Å². The predicted molar refractivity (Wildman–Crippen MR) is 104 cm³/mol. The number of nitriles is 1. The molecule has 0 spiro atoms. The first-order valence-electron chi connectivity index (χ1n) is 8.69. The van der Waals surface area contributed by atoms with E-state index in [4.69, 9.17) is 11.6 Å². The van der Waals surface area contributed by atoms with Crippen molar-refractivity contribution < 1.29 is 0 Å². The van der Waals surface area contributed by atoms with Gasteiger partial charge in [-0.25, -0.2) is 0 Å². The Labute approximate surface area is 152 Å². The maximum atomic E-state index is 9.88. The molecule has 0 amide bonds. The maximum Gasteiger partial charge on any atom is 0.101 e. The van der Waals surface area contributed by atoms with Gasteiger partial charge in [-0.15, -0.1) is 0 Å². The lowest BCUT2D eigenvalue weighted by Crippen LogP contribution is -2.55. The lowest BCUT2D eigenvalue weighted by atomic mass is 9.51. The van der Waals surface area contributed by atoms with Crippen molar-refractivity contribution in [3.05, 3.63) is 28.3 Å². The summed E-state index contributed by atoms with van der Waals surface area (Å²) < 4.78 is 0. The Kier molecular flexibility index (Phi) is 4.30. The molecule has 0 aliphatic carbocycles. The molecule has 1 aliphatic rings. The van der Waals surface area contributed by atoms with Crippen LogP contribution in [0.1, 0.15) is 73.4 Å². The van der Waals surface area contributed by atoms with Crippen LogP contribution in [0.4, 0.5) is 5.69 Å². The predicted octanol–water partition coefficient (Wildman–Crippen LogP) is 6.16. The van der Waals surface area contributed by atoms with E-state index in [1.54, 1.807) is 0 Å². The molecule has 1 aromatic carbocycles. The lowest BCUT2D eigenvalue weighted by molar-refractivity contribution is 0.0633. The fraction of sp³-hybridized carbons (Fsp3) is 0.667. The number of hydrogen-bond donors (Lipinski definition) is 0. The average molecular weight is 347 g/mol. The molecule has 2 nitrogen and oxygen atoms in total. The van der Waals surface area contributed by atoms with Crippen molar-refractivity contribution in [1.29, 1.82) is 5.26 Å². The zero-order valence-electron chi connectivity index (χ0n) is 16.6. The molecule has 1 aromatic rings. The Hall–Kier alpha value is -1.20. The highest BCUT2D eigenvalue weighted by molar-refractivity contribution is 6.32. The van der Waals surface area contributed by atoms with Crippen LogP contribution in [0, 0.1) is 22.2 Å². The summed E-state index contributed by atoms with van der Waals surface area (Å²) in [6.07, 6.45) is 0. The fourth-order valence-corrected chi connectivity index (χ4v) is 4.88. The third-order valence-electron chi connectivity index (χ3n) is 5.73. The number of benzene rings is 1. The molecule has 0 saturated heterocycles. The second-order valence-corrected chi connectivity index (χ2v) is 10.5. The average Bonchev–Trinajstić information content (AvgIpc) is 2.73. The maximum absolute atomic E-state index is 9.88. The lowest BCUT2D eigenvalue weighted by Gasteiger charge is -2.53. The summed E-state index contributed by atoms with van der Waals surface area (Å²) in [4.78, 5) is 2.45. The molecule has 0 aromatic heterocycles. The van der Waals surface area contributed by atoms with Crippen molar-refractivity contribution in [2.45, 2.75) is 73.3 Å². The SMILES string of the molecule is CC(C)(C)N1CC(C(C)(C)C)(C(C)(C)C)c2c1ccc(Cl)c2C#N. The molecule has 0 fully saturated rings. The third kappa shape index (κ3) is 2.53. The van der Waals surface area contributed by atoms with Crippen LogP contribution >= 0.6 is 11.6 Å². The second-order valence-electron chi connectivity index (χ2n) is 10.1. The zero-order valence-corrected chi connectivity index (χ0v) is 17.4. The Bertz CT molecular complexity index is 677. The monoisotopic (exact) mass is 346 g/mol. The molecule has 0 unspecified atom stereocenters. The van der Waals surface area contributed by atoms with E-state index in [1.165, 1.54) is 0 Å². The third-order valence-corrected chi connectivity index (χ3v) is 6.04. The Morgan fingerprint density at radius 1 is 1.00 bits per heavy atom. The fourth-order valence-electron chi connectivity index (χ4n) is 4.68. The van der Waals surface area contributed by atoms with Gasteiger partial charge in [-0.1, -0.05) is 53.1 Å².